The number of ether oxygens (including phenoxy) is 2. The summed E-state index contributed by atoms with van der Waals surface area (Å²) in [7, 11) is 1.41. The summed E-state index contributed by atoms with van der Waals surface area (Å²) < 4.78 is 10.7. The first-order valence-electron chi connectivity index (χ1n) is 7.22. The van der Waals surface area contributed by atoms with Gasteiger partial charge >= 0.3 is 5.97 Å². The Hall–Kier alpha value is -1.55. The van der Waals surface area contributed by atoms with Gasteiger partial charge in [0.1, 0.15) is 11.9 Å². The van der Waals surface area contributed by atoms with E-state index in [1.54, 1.807) is 0 Å². The molecule has 1 aliphatic carbocycles. The molecule has 0 bridgehead atoms. The van der Waals surface area contributed by atoms with Crippen LogP contribution < -0.4 is 4.74 Å². The Morgan fingerprint density at radius 3 is 3.10 bits per heavy atom. The number of esters is 1. The molecule has 2 aliphatic rings. The van der Waals surface area contributed by atoms with Crippen molar-refractivity contribution in [3.8, 4) is 5.75 Å². The van der Waals surface area contributed by atoms with Gasteiger partial charge in [-0.2, -0.15) is 0 Å². The first-order valence-corrected chi connectivity index (χ1v) is 7.22. The van der Waals surface area contributed by atoms with Gasteiger partial charge < -0.3 is 14.6 Å². The van der Waals surface area contributed by atoms with Crippen LogP contribution in [-0.4, -0.2) is 30.4 Å². The van der Waals surface area contributed by atoms with E-state index in [9.17, 15) is 9.90 Å². The van der Waals surface area contributed by atoms with Crippen molar-refractivity contribution in [2.75, 3.05) is 7.11 Å². The van der Waals surface area contributed by atoms with Crippen LogP contribution >= 0.6 is 0 Å². The fourth-order valence-corrected chi connectivity index (χ4v) is 3.34. The largest absolute Gasteiger partial charge is 0.489 e. The van der Waals surface area contributed by atoms with Crippen LogP contribution in [0.15, 0.2) is 18.2 Å². The second-order valence-electron chi connectivity index (χ2n) is 5.65. The fourth-order valence-electron chi connectivity index (χ4n) is 3.34. The van der Waals surface area contributed by atoms with E-state index in [0.717, 1.165) is 37.0 Å². The monoisotopic (exact) mass is 276 g/mol. The summed E-state index contributed by atoms with van der Waals surface area (Å²) in [5, 5.41) is 9.73. The van der Waals surface area contributed by atoms with Gasteiger partial charge in [-0.1, -0.05) is 18.2 Å². The standard InChI is InChI=1S/C16H20O4/c1-19-15(18)7-3-5-10-4-2-6-12-13-8-11(17)9-14(13)20-16(10)12/h2,4,6,11,13-14,17H,3,5,7-9H2,1H3. The van der Waals surface area contributed by atoms with Crippen molar-refractivity contribution in [3.63, 3.8) is 0 Å². The molecule has 20 heavy (non-hydrogen) atoms. The number of aryl methyl sites for hydroxylation is 1. The van der Waals surface area contributed by atoms with Crippen molar-refractivity contribution in [3.05, 3.63) is 29.3 Å². The van der Waals surface area contributed by atoms with Crippen molar-refractivity contribution < 1.29 is 19.4 Å². The van der Waals surface area contributed by atoms with E-state index in [0.29, 0.717) is 12.3 Å². The maximum atomic E-state index is 11.2. The van der Waals surface area contributed by atoms with Crippen LogP contribution in [0.2, 0.25) is 0 Å². The molecule has 1 aliphatic heterocycles. The van der Waals surface area contributed by atoms with Crippen LogP contribution in [0.1, 0.15) is 42.7 Å². The molecule has 1 aromatic carbocycles. The number of aliphatic hydroxyl groups excluding tert-OH is 1. The van der Waals surface area contributed by atoms with Crippen molar-refractivity contribution in [1.29, 1.82) is 0 Å². The van der Waals surface area contributed by atoms with E-state index in [4.69, 9.17) is 4.74 Å². The van der Waals surface area contributed by atoms with Crippen molar-refractivity contribution >= 4 is 5.97 Å². The van der Waals surface area contributed by atoms with Crippen molar-refractivity contribution in [2.45, 2.75) is 50.2 Å². The summed E-state index contributed by atoms with van der Waals surface area (Å²) in [4.78, 5) is 11.2. The highest BCUT2D eigenvalue weighted by atomic mass is 16.5. The first kappa shape index (κ1) is 13.4. The van der Waals surface area contributed by atoms with Gasteiger partial charge in [0.2, 0.25) is 0 Å². The molecule has 0 aromatic heterocycles. The predicted molar refractivity (Wildman–Crippen MR) is 73.8 cm³/mol. The molecule has 1 heterocycles. The molecule has 3 unspecified atom stereocenters. The summed E-state index contributed by atoms with van der Waals surface area (Å²) in [6, 6.07) is 6.21. The Morgan fingerprint density at radius 1 is 1.45 bits per heavy atom. The van der Waals surface area contributed by atoms with E-state index in [2.05, 4.69) is 16.9 Å². The number of rotatable bonds is 4. The maximum absolute atomic E-state index is 11.2. The molecule has 0 amide bonds. The first-order chi connectivity index (χ1) is 9.69. The van der Waals surface area contributed by atoms with Crippen LogP contribution in [0.5, 0.6) is 5.75 Å². The number of fused-ring (bicyclic) bond motifs is 3. The topological polar surface area (TPSA) is 55.8 Å². The Morgan fingerprint density at radius 2 is 2.30 bits per heavy atom. The highest BCUT2D eigenvalue weighted by Crippen LogP contribution is 2.48. The Kier molecular flexibility index (Phi) is 3.66. The number of aliphatic hydroxyl groups is 1. The smallest absolute Gasteiger partial charge is 0.305 e. The van der Waals surface area contributed by atoms with E-state index in [-0.39, 0.29) is 18.2 Å². The summed E-state index contributed by atoms with van der Waals surface area (Å²) in [6.07, 6.45) is 3.43. The second kappa shape index (κ2) is 5.44. The minimum Gasteiger partial charge on any atom is -0.489 e. The predicted octanol–water partition coefficient (Wildman–Crippen LogP) is 2.18. The van der Waals surface area contributed by atoms with Gasteiger partial charge in [0.25, 0.3) is 0 Å². The van der Waals surface area contributed by atoms with Crippen molar-refractivity contribution in [1.82, 2.24) is 0 Å². The number of hydrogen-bond donors (Lipinski definition) is 1. The average molecular weight is 276 g/mol. The third kappa shape index (κ3) is 2.40. The van der Waals surface area contributed by atoms with Crippen LogP contribution in [-0.2, 0) is 16.0 Å². The second-order valence-corrected chi connectivity index (χ2v) is 5.65. The molecule has 1 N–H and O–H groups in total. The van der Waals surface area contributed by atoms with Crippen LogP contribution in [0, 0.1) is 0 Å². The minimum atomic E-state index is -0.235. The quantitative estimate of drug-likeness (QED) is 0.856. The van der Waals surface area contributed by atoms with Gasteiger partial charge in [-0.3, -0.25) is 4.79 Å². The molecule has 0 saturated heterocycles. The molecule has 1 fully saturated rings. The lowest BCUT2D eigenvalue weighted by Gasteiger charge is -2.11. The Balaban J connectivity index is 1.71. The summed E-state index contributed by atoms with van der Waals surface area (Å²) in [6.45, 7) is 0. The number of carbonyl (C=O) groups is 1. The van der Waals surface area contributed by atoms with E-state index >= 15 is 0 Å². The van der Waals surface area contributed by atoms with Gasteiger partial charge in [-0.05, 0) is 24.8 Å². The third-order valence-electron chi connectivity index (χ3n) is 4.33. The number of para-hydroxylation sites is 1. The lowest BCUT2D eigenvalue weighted by atomic mass is 9.94. The lowest BCUT2D eigenvalue weighted by molar-refractivity contribution is -0.140. The highest BCUT2D eigenvalue weighted by molar-refractivity contribution is 5.69. The molecule has 1 saturated carbocycles. The molecule has 3 rings (SSSR count). The van der Waals surface area contributed by atoms with Gasteiger partial charge in [0, 0.05) is 24.3 Å². The number of carbonyl (C=O) groups excluding carboxylic acids is 1. The molecular weight excluding hydrogens is 256 g/mol. The number of benzene rings is 1. The number of hydrogen-bond acceptors (Lipinski definition) is 4. The summed E-state index contributed by atoms with van der Waals surface area (Å²) in [5.41, 5.74) is 2.39. The highest BCUT2D eigenvalue weighted by Gasteiger charge is 2.42. The van der Waals surface area contributed by atoms with Crippen LogP contribution in [0.4, 0.5) is 0 Å². The molecule has 3 atom stereocenters. The van der Waals surface area contributed by atoms with Gasteiger partial charge in [-0.25, -0.2) is 0 Å². The van der Waals surface area contributed by atoms with Gasteiger partial charge in [0.15, 0.2) is 0 Å². The third-order valence-corrected chi connectivity index (χ3v) is 4.33. The Bertz CT molecular complexity index is 511. The molecular formula is C16H20O4. The van der Waals surface area contributed by atoms with Gasteiger partial charge in [0.05, 0.1) is 13.2 Å². The fraction of sp³-hybridized carbons (Fsp3) is 0.562. The van der Waals surface area contributed by atoms with E-state index < -0.39 is 0 Å². The number of methoxy groups -OCH3 is 1. The zero-order chi connectivity index (χ0) is 14.1. The van der Waals surface area contributed by atoms with E-state index in [1.165, 1.54) is 12.7 Å². The Labute approximate surface area is 118 Å². The van der Waals surface area contributed by atoms with Crippen LogP contribution in [0.3, 0.4) is 0 Å². The normalized spacial score (nSPS) is 26.8. The zero-order valence-electron chi connectivity index (χ0n) is 11.7. The molecule has 108 valence electrons. The SMILES string of the molecule is COC(=O)CCCc1cccc2c1OC1CC(O)CC21. The maximum Gasteiger partial charge on any atom is 0.305 e. The molecule has 0 spiro atoms. The molecule has 0 radical (unpaired) electrons. The summed E-state index contributed by atoms with van der Waals surface area (Å²) >= 11 is 0. The lowest BCUT2D eigenvalue weighted by Crippen LogP contribution is -2.12. The van der Waals surface area contributed by atoms with E-state index in [1.807, 2.05) is 6.07 Å². The average Bonchev–Trinajstić information content (AvgIpc) is 2.95. The minimum absolute atomic E-state index is 0.127. The van der Waals surface area contributed by atoms with Crippen LogP contribution in [0.25, 0.3) is 0 Å². The molecule has 1 aromatic rings. The van der Waals surface area contributed by atoms with Crippen molar-refractivity contribution in [2.24, 2.45) is 0 Å². The summed E-state index contributed by atoms with van der Waals surface area (Å²) in [5.74, 6) is 1.15. The zero-order valence-corrected chi connectivity index (χ0v) is 11.7. The molecule has 4 nitrogen and oxygen atoms in total. The van der Waals surface area contributed by atoms with Gasteiger partial charge in [-0.15, -0.1) is 0 Å². The molecule has 4 heteroatoms.